The Kier molecular flexibility index (Phi) is 18.6. The van der Waals surface area contributed by atoms with Crippen LogP contribution in [0.5, 0.6) is 17.2 Å². The molecule has 0 unspecified atom stereocenters. The molecular formula is C61H66Cl2FN11O7. The van der Waals surface area contributed by atoms with Gasteiger partial charge in [0.1, 0.15) is 47.9 Å². The fourth-order valence-corrected chi connectivity index (χ4v) is 10.9. The average Bonchev–Trinajstić information content (AvgIpc) is 4.14. The van der Waals surface area contributed by atoms with Gasteiger partial charge in [0.05, 0.1) is 43.6 Å². The molecule has 0 spiro atoms. The van der Waals surface area contributed by atoms with E-state index >= 15 is 4.79 Å². The van der Waals surface area contributed by atoms with Crippen LogP contribution in [-0.4, -0.2) is 117 Å². The highest BCUT2D eigenvalue weighted by atomic mass is 35.5. The number of nitrogen functional groups attached to an aromatic ring is 1. The van der Waals surface area contributed by atoms with E-state index in [2.05, 4.69) is 21.5 Å². The number of aliphatic imine (C=N–C) groups is 1. The highest BCUT2D eigenvalue weighted by Gasteiger charge is 2.46. The molecule has 3 aliphatic heterocycles. The van der Waals surface area contributed by atoms with Gasteiger partial charge in [-0.25, -0.2) is 14.2 Å². The molecule has 21 heteroatoms. The van der Waals surface area contributed by atoms with Crippen molar-refractivity contribution in [1.82, 2.24) is 39.7 Å². The number of hydrogen-bond donors (Lipinski definition) is 2. The number of aromatic nitrogens is 3. The molecule has 3 aliphatic rings. The van der Waals surface area contributed by atoms with Gasteiger partial charge >= 0.3 is 6.03 Å². The predicted molar refractivity (Wildman–Crippen MR) is 310 cm³/mol. The molecule has 3 atom stereocenters. The number of amides is 5. The summed E-state index contributed by atoms with van der Waals surface area (Å²) < 4.78 is 34.2. The van der Waals surface area contributed by atoms with Gasteiger partial charge in [-0.3, -0.25) is 29.0 Å². The van der Waals surface area contributed by atoms with Crippen molar-refractivity contribution in [3.63, 3.8) is 0 Å². The monoisotopic (exact) mass is 1150 g/mol. The minimum atomic E-state index is -0.767. The number of carbonyl (C=O) groups excluding carboxylic acids is 4. The second-order valence-corrected chi connectivity index (χ2v) is 21.8. The summed E-state index contributed by atoms with van der Waals surface area (Å²) in [5, 5.41) is 18.9. The van der Waals surface area contributed by atoms with Gasteiger partial charge in [0.15, 0.2) is 17.3 Å². The van der Waals surface area contributed by atoms with E-state index in [9.17, 15) is 24.0 Å². The topological polar surface area (TPSA) is 214 Å². The lowest BCUT2D eigenvalue weighted by atomic mass is 9.93. The van der Waals surface area contributed by atoms with Gasteiger partial charge in [-0.1, -0.05) is 73.2 Å². The van der Waals surface area contributed by atoms with Crippen molar-refractivity contribution in [1.29, 1.82) is 5.26 Å². The summed E-state index contributed by atoms with van der Waals surface area (Å²) in [6, 6.07) is 26.5. The van der Waals surface area contributed by atoms with E-state index in [0.717, 1.165) is 43.2 Å². The highest BCUT2D eigenvalue weighted by molar-refractivity contribution is 6.30. The minimum absolute atomic E-state index is 0.0369. The zero-order valence-electron chi connectivity index (χ0n) is 46.5. The predicted octanol–water partition coefficient (Wildman–Crippen LogP) is 10.7. The molecule has 18 nitrogen and oxygen atoms in total. The molecule has 4 aromatic carbocycles. The van der Waals surface area contributed by atoms with Crippen LogP contribution in [0.3, 0.4) is 0 Å². The Hall–Kier alpha value is -8.21. The number of urea groups is 1. The lowest BCUT2D eigenvalue weighted by Gasteiger charge is -2.38. The van der Waals surface area contributed by atoms with Crippen LogP contribution >= 0.6 is 23.2 Å². The van der Waals surface area contributed by atoms with E-state index in [4.69, 9.17) is 48.1 Å². The Morgan fingerprint density at radius 3 is 2.28 bits per heavy atom. The first kappa shape index (κ1) is 58.4. The number of anilines is 1. The van der Waals surface area contributed by atoms with Crippen molar-refractivity contribution >= 4 is 58.6 Å². The SMILES string of the molecule is COc1ccc(C2=N[C@H](c3ccc(Cl)cc3)[C@H](c3ccc(Cl)cc3)N2C(=O)N2CCN(CCCCCCCCC(=O)NCCn3nc(C#N)c4c3CN(C)C(=O)c3ccc(F)cc3[C@@H](C)Oc3cc-4cnc3N)C(=O)C2)c(OC(C)C)c1. The summed E-state index contributed by atoms with van der Waals surface area (Å²) in [6.07, 6.45) is 5.95. The lowest BCUT2D eigenvalue weighted by molar-refractivity contribution is -0.135. The number of pyridine rings is 1. The molecule has 0 saturated carbocycles. The number of carbonyl (C=O) groups is 4. The smallest absolute Gasteiger partial charge is 0.326 e. The Morgan fingerprint density at radius 2 is 1.59 bits per heavy atom. The molecule has 5 amide bonds. The largest absolute Gasteiger partial charge is 0.497 e. The van der Waals surface area contributed by atoms with Gasteiger partial charge < -0.3 is 40.0 Å². The maximum Gasteiger partial charge on any atom is 0.326 e. The standard InChI is InChI=1S/C61H66Cl2FN11O7/c1-37(2)81-51-32-45(80-5)22-24-47(51)59-69-56(39-13-17-42(62)18-14-39)57(40-15-19-43(63)20-16-40)75(59)61(79)73-29-28-72(54(77)36-73)26-11-9-7-6-8-10-12-53(76)67-25-27-74-50-35-71(4)60(78)46-23-21-44(64)31-48(46)38(3)82-52-30-41(34-68-58(52)66)55(50)49(33-65)70-74/h13-24,30-32,34,37-38,56-57H,6-12,25-29,35-36H2,1-5H3,(H2,66,68)(H,67,76)/t38-,56-,57+/m1/s1. The average molecular weight is 1160 g/mol. The number of halogens is 3. The van der Waals surface area contributed by atoms with Crippen molar-refractivity contribution < 1.29 is 37.8 Å². The Bertz CT molecular complexity index is 3410. The fourth-order valence-electron chi connectivity index (χ4n) is 10.7. The number of nitrogens with zero attached hydrogens (tertiary/aromatic N) is 9. The number of hydrogen-bond acceptors (Lipinski definition) is 12. The van der Waals surface area contributed by atoms with Crippen LogP contribution in [0.1, 0.15) is 128 Å². The van der Waals surface area contributed by atoms with Gasteiger partial charge in [-0.15, -0.1) is 0 Å². The summed E-state index contributed by atoms with van der Waals surface area (Å²) >= 11 is 12.7. The molecule has 2 bridgehead atoms. The molecule has 9 rings (SSSR count). The molecule has 0 aliphatic carbocycles. The van der Waals surface area contributed by atoms with Crippen LogP contribution in [-0.2, 0) is 22.7 Å². The van der Waals surface area contributed by atoms with Crippen molar-refractivity contribution in [2.24, 2.45) is 4.99 Å². The van der Waals surface area contributed by atoms with Crippen LogP contribution in [0.25, 0.3) is 11.1 Å². The number of nitrogens with two attached hydrogens (primary N) is 1. The summed E-state index contributed by atoms with van der Waals surface area (Å²) in [7, 11) is 3.20. The number of unbranched alkanes of at least 4 members (excludes halogenated alkanes) is 5. The number of piperazine rings is 1. The van der Waals surface area contributed by atoms with Crippen molar-refractivity contribution in [3.8, 4) is 34.4 Å². The summed E-state index contributed by atoms with van der Waals surface area (Å²) in [6.45, 7) is 7.18. The first-order valence-electron chi connectivity index (χ1n) is 27.5. The number of amidine groups is 1. The Morgan fingerprint density at radius 1 is 0.890 bits per heavy atom. The van der Waals surface area contributed by atoms with E-state index in [0.29, 0.717) is 87.8 Å². The maximum atomic E-state index is 15.1. The minimum Gasteiger partial charge on any atom is -0.497 e. The molecule has 3 N–H and O–H groups in total. The van der Waals surface area contributed by atoms with E-state index < -0.39 is 24.0 Å². The third-order valence-corrected chi connectivity index (χ3v) is 15.4. The summed E-state index contributed by atoms with van der Waals surface area (Å²) in [5.41, 5.74) is 10.6. The summed E-state index contributed by atoms with van der Waals surface area (Å²) in [4.78, 5) is 72.2. The van der Waals surface area contributed by atoms with E-state index in [1.54, 1.807) is 72.0 Å². The number of fused-ring (bicyclic) bond motifs is 5. The van der Waals surface area contributed by atoms with Gasteiger partial charge in [-0.2, -0.15) is 10.4 Å². The summed E-state index contributed by atoms with van der Waals surface area (Å²) in [5.74, 6) is 0.596. The number of nitrogens with one attached hydrogen (secondary N) is 1. The van der Waals surface area contributed by atoms with Crippen LogP contribution in [0.4, 0.5) is 15.0 Å². The molecule has 1 fully saturated rings. The lowest BCUT2D eigenvalue weighted by Crippen LogP contribution is -2.56. The second-order valence-electron chi connectivity index (χ2n) is 20.9. The number of nitriles is 1. The molecule has 428 valence electrons. The van der Waals surface area contributed by atoms with E-state index in [-0.39, 0.29) is 78.9 Å². The van der Waals surface area contributed by atoms with Crippen molar-refractivity contribution in [3.05, 3.63) is 152 Å². The number of ether oxygens (including phenoxy) is 3. The van der Waals surface area contributed by atoms with Crippen molar-refractivity contribution in [2.45, 2.75) is 103 Å². The molecule has 1 saturated heterocycles. The zero-order valence-corrected chi connectivity index (χ0v) is 48.1. The van der Waals surface area contributed by atoms with Gasteiger partial charge in [0.25, 0.3) is 5.91 Å². The van der Waals surface area contributed by atoms with Crippen LogP contribution < -0.4 is 25.3 Å². The van der Waals surface area contributed by atoms with Crippen molar-refractivity contribution in [2.75, 3.05) is 52.6 Å². The Labute approximate surface area is 486 Å². The highest BCUT2D eigenvalue weighted by Crippen LogP contribution is 2.46. The van der Waals surface area contributed by atoms with Gasteiger partial charge in [0, 0.05) is 84.2 Å². The first-order chi connectivity index (χ1) is 39.5. The molecule has 82 heavy (non-hydrogen) atoms. The molecule has 2 aromatic heterocycles. The Balaban J connectivity index is 0.767. The number of benzene rings is 4. The molecule has 0 radical (unpaired) electrons. The molecule has 6 aromatic rings. The van der Waals surface area contributed by atoms with E-state index in [1.165, 1.54) is 29.3 Å². The first-order valence-corrected chi connectivity index (χ1v) is 28.3. The third-order valence-electron chi connectivity index (χ3n) is 14.9. The molecular weight excluding hydrogens is 1090 g/mol. The third kappa shape index (κ3) is 13.2. The van der Waals surface area contributed by atoms with Gasteiger partial charge in [-0.05, 0) is 105 Å². The zero-order chi connectivity index (χ0) is 58.2. The van der Waals surface area contributed by atoms with Crippen LogP contribution in [0.2, 0.25) is 10.0 Å². The second kappa shape index (κ2) is 26.1. The quantitative estimate of drug-likeness (QED) is 0.0772. The maximum absolute atomic E-state index is 15.1. The number of methoxy groups -OCH3 is 1. The van der Waals surface area contributed by atoms with Gasteiger partial charge in [0.2, 0.25) is 11.8 Å². The normalized spacial score (nSPS) is 17.1. The molecule has 5 heterocycles. The fraction of sp³-hybridized carbons (Fsp3) is 0.377. The van der Waals surface area contributed by atoms with Crippen LogP contribution in [0.15, 0.2) is 102 Å². The van der Waals surface area contributed by atoms with E-state index in [1.807, 2.05) is 55.1 Å². The van der Waals surface area contributed by atoms with Crippen LogP contribution in [0, 0.1) is 17.1 Å². The number of rotatable bonds is 18.